The minimum atomic E-state index is -1.08. The van der Waals surface area contributed by atoms with Gasteiger partial charge in [0.25, 0.3) is 0 Å². The largest absolute Gasteiger partial charge is 0.489 e. The molecule has 1 amide bonds. The predicted molar refractivity (Wildman–Crippen MR) is 173 cm³/mol. The molecule has 0 heterocycles. The quantitative estimate of drug-likeness (QED) is 0.283. The van der Waals surface area contributed by atoms with E-state index in [-0.39, 0.29) is 11.2 Å². The molecule has 2 aromatic rings. The van der Waals surface area contributed by atoms with Gasteiger partial charge in [-0.15, -0.1) is 0 Å². The molecule has 7 heteroatoms. The molecule has 0 aliphatic heterocycles. The van der Waals surface area contributed by atoms with Crippen LogP contribution in [0.3, 0.4) is 0 Å². The molecule has 0 spiro atoms. The van der Waals surface area contributed by atoms with Crippen LogP contribution >= 0.6 is 11.8 Å². The number of benzene rings is 2. The lowest BCUT2D eigenvalue weighted by molar-refractivity contribution is -0.138. The van der Waals surface area contributed by atoms with Crippen molar-refractivity contribution in [2.75, 3.05) is 5.75 Å². The van der Waals surface area contributed by atoms with E-state index in [0.717, 1.165) is 29.1 Å². The topological polar surface area (TPSA) is 84.9 Å². The van der Waals surface area contributed by atoms with E-state index in [1.165, 1.54) is 61.4 Å². The fraction of sp³-hybridized carbons (Fsp3) is 0.611. The smallest absolute Gasteiger partial charge is 0.408 e. The number of carboxylic acids is 1. The summed E-state index contributed by atoms with van der Waals surface area (Å²) in [4.78, 5) is 23.6. The van der Waals surface area contributed by atoms with Gasteiger partial charge in [-0.1, -0.05) is 51.1 Å². The number of carbonyl (C=O) groups excluding carboxylic acids is 1. The highest BCUT2D eigenvalue weighted by atomic mass is 32.2. The minimum Gasteiger partial charge on any atom is -0.489 e. The van der Waals surface area contributed by atoms with Gasteiger partial charge in [-0.25, -0.2) is 9.59 Å². The molecule has 0 saturated heterocycles. The number of rotatable bonds is 10. The van der Waals surface area contributed by atoms with E-state index in [2.05, 4.69) is 44.3 Å². The van der Waals surface area contributed by atoms with Crippen molar-refractivity contribution < 1.29 is 24.2 Å². The van der Waals surface area contributed by atoms with Crippen LogP contribution in [0.1, 0.15) is 102 Å². The summed E-state index contributed by atoms with van der Waals surface area (Å²) in [7, 11) is 0. The molecule has 2 N–H and O–H groups in total. The highest BCUT2D eigenvalue weighted by molar-refractivity contribution is 7.98. The summed E-state index contributed by atoms with van der Waals surface area (Å²) in [5.74, 6) is 3.37. The molecule has 4 fully saturated rings. The molecule has 2 aromatic carbocycles. The van der Waals surface area contributed by atoms with Crippen LogP contribution in [0.4, 0.5) is 4.79 Å². The van der Waals surface area contributed by atoms with Crippen molar-refractivity contribution in [3.63, 3.8) is 0 Å². The summed E-state index contributed by atoms with van der Waals surface area (Å²) in [6, 6.07) is 14.1. The Balaban J connectivity index is 1.16. The highest BCUT2D eigenvalue weighted by Gasteiger charge is 2.52. The molecule has 43 heavy (non-hydrogen) atoms. The molecular formula is C36H49NO5S. The van der Waals surface area contributed by atoms with Crippen molar-refractivity contribution in [1.82, 2.24) is 5.32 Å². The van der Waals surface area contributed by atoms with Gasteiger partial charge in [0.15, 0.2) is 0 Å². The number of thioether (sulfide) groups is 1. The number of amides is 1. The molecule has 4 saturated carbocycles. The van der Waals surface area contributed by atoms with Crippen LogP contribution in [0.2, 0.25) is 0 Å². The monoisotopic (exact) mass is 607 g/mol. The maximum Gasteiger partial charge on any atom is 0.408 e. The lowest BCUT2D eigenvalue weighted by Gasteiger charge is -2.58. The van der Waals surface area contributed by atoms with Gasteiger partial charge in [0.1, 0.15) is 24.0 Å². The molecule has 0 aromatic heterocycles. The number of nitrogens with one attached hydrogen (secondary N) is 1. The lowest BCUT2D eigenvalue weighted by Crippen LogP contribution is -2.49. The second-order valence-corrected chi connectivity index (χ2v) is 16.3. The van der Waals surface area contributed by atoms with E-state index in [4.69, 9.17) is 9.47 Å². The van der Waals surface area contributed by atoms with E-state index in [9.17, 15) is 14.7 Å². The van der Waals surface area contributed by atoms with Crippen LogP contribution in [0.15, 0.2) is 42.5 Å². The summed E-state index contributed by atoms with van der Waals surface area (Å²) in [5, 5.41) is 11.9. The molecular weight excluding hydrogens is 558 g/mol. The van der Waals surface area contributed by atoms with Gasteiger partial charge in [-0.05, 0) is 122 Å². The Morgan fingerprint density at radius 3 is 2.05 bits per heavy atom. The molecule has 4 aliphatic rings. The third-order valence-corrected chi connectivity index (χ3v) is 10.5. The van der Waals surface area contributed by atoms with Gasteiger partial charge in [0.2, 0.25) is 0 Å². The van der Waals surface area contributed by atoms with Gasteiger partial charge < -0.3 is 19.9 Å². The molecule has 4 bridgehead atoms. The Morgan fingerprint density at radius 1 is 0.930 bits per heavy atom. The molecule has 1 unspecified atom stereocenters. The Morgan fingerprint density at radius 2 is 1.51 bits per heavy atom. The Bertz CT molecular complexity index is 1270. The summed E-state index contributed by atoms with van der Waals surface area (Å²) in [5.41, 5.74) is 5.14. The van der Waals surface area contributed by atoms with E-state index in [1.54, 1.807) is 26.3 Å². The summed E-state index contributed by atoms with van der Waals surface area (Å²) in [6.07, 6.45) is 7.78. The summed E-state index contributed by atoms with van der Waals surface area (Å²) < 4.78 is 11.4. The van der Waals surface area contributed by atoms with E-state index >= 15 is 0 Å². The Hall–Kier alpha value is -2.67. The van der Waals surface area contributed by atoms with Crippen LogP contribution in [-0.2, 0) is 32.7 Å². The minimum absolute atomic E-state index is 0.0794. The van der Waals surface area contributed by atoms with Crippen LogP contribution < -0.4 is 10.1 Å². The molecule has 6 nitrogen and oxygen atoms in total. The van der Waals surface area contributed by atoms with Gasteiger partial charge in [0.05, 0.1) is 0 Å². The SMILES string of the molecule is CC(C)(C)OC(=O)NC(CSCc1ccc(OCc2ccc(C34CC5CC(CC(C5)C3)C4)c(C(C)(C)C)c2)cc1)C(=O)O. The van der Waals surface area contributed by atoms with E-state index < -0.39 is 23.7 Å². The van der Waals surface area contributed by atoms with Crippen molar-refractivity contribution in [2.45, 2.75) is 115 Å². The predicted octanol–water partition coefficient (Wildman–Crippen LogP) is 8.24. The van der Waals surface area contributed by atoms with E-state index in [0.29, 0.717) is 17.8 Å². The van der Waals surface area contributed by atoms with Gasteiger partial charge in [0, 0.05) is 11.5 Å². The third-order valence-electron chi connectivity index (χ3n) is 9.37. The molecule has 6 rings (SSSR count). The fourth-order valence-corrected chi connectivity index (χ4v) is 8.98. The average molecular weight is 608 g/mol. The zero-order chi connectivity index (χ0) is 31.0. The normalized spacial score (nSPS) is 25.3. The van der Waals surface area contributed by atoms with Crippen LogP contribution in [0.5, 0.6) is 5.75 Å². The second kappa shape index (κ2) is 12.4. The van der Waals surface area contributed by atoms with Crippen molar-refractivity contribution in [1.29, 1.82) is 0 Å². The fourth-order valence-electron chi connectivity index (χ4n) is 7.97. The number of carbonyl (C=O) groups is 2. The molecule has 4 aliphatic carbocycles. The Labute approximate surface area is 261 Å². The Kier molecular flexibility index (Phi) is 9.14. The third kappa shape index (κ3) is 7.89. The van der Waals surface area contributed by atoms with Crippen molar-refractivity contribution in [3.8, 4) is 5.75 Å². The number of hydrogen-bond acceptors (Lipinski definition) is 5. The first-order valence-corrected chi connectivity index (χ1v) is 17.0. The first-order chi connectivity index (χ1) is 20.2. The molecule has 1 atom stereocenters. The maximum absolute atomic E-state index is 12.0. The van der Waals surface area contributed by atoms with Crippen LogP contribution in [0.25, 0.3) is 0 Å². The number of hydrogen-bond donors (Lipinski definition) is 2. The first-order valence-electron chi connectivity index (χ1n) is 15.8. The zero-order valence-corrected chi connectivity index (χ0v) is 27.5. The number of aliphatic carboxylic acids is 1. The standard InChI is InChI=1S/C36H49NO5S/c1-34(2,3)30-16-24(9-12-29(30)36-17-25-13-26(18-36)15-27(14-25)19-36)20-41-28-10-7-23(8-11-28)21-43-22-31(32(38)39)37-33(40)42-35(4,5)6/h7-12,16,25-27,31H,13-15,17-22H2,1-6H3,(H,37,40)(H,38,39). The van der Waals surface area contributed by atoms with Gasteiger partial charge in [-0.3, -0.25) is 0 Å². The van der Waals surface area contributed by atoms with Crippen LogP contribution in [-0.4, -0.2) is 34.6 Å². The first kappa shape index (κ1) is 31.7. The van der Waals surface area contributed by atoms with Crippen molar-refractivity contribution in [3.05, 3.63) is 64.7 Å². The molecule has 234 valence electrons. The summed E-state index contributed by atoms with van der Waals surface area (Å²) in [6.45, 7) is 12.8. The second-order valence-electron chi connectivity index (χ2n) is 15.3. The van der Waals surface area contributed by atoms with Crippen molar-refractivity contribution >= 4 is 23.8 Å². The molecule has 0 radical (unpaired) electrons. The van der Waals surface area contributed by atoms with Crippen molar-refractivity contribution in [2.24, 2.45) is 17.8 Å². The number of alkyl carbamates (subject to hydrolysis) is 1. The van der Waals surface area contributed by atoms with Crippen LogP contribution in [0, 0.1) is 17.8 Å². The lowest BCUT2D eigenvalue weighted by atomic mass is 9.47. The average Bonchev–Trinajstić information content (AvgIpc) is 2.89. The highest BCUT2D eigenvalue weighted by Crippen LogP contribution is 2.61. The summed E-state index contributed by atoms with van der Waals surface area (Å²) >= 11 is 1.45. The van der Waals surface area contributed by atoms with Gasteiger partial charge in [-0.2, -0.15) is 11.8 Å². The number of carboxylic acid groups (broad SMARTS) is 1. The zero-order valence-electron chi connectivity index (χ0n) is 26.7. The maximum atomic E-state index is 12.0. The van der Waals surface area contributed by atoms with Gasteiger partial charge >= 0.3 is 12.1 Å². The number of ether oxygens (including phenoxy) is 2. The van der Waals surface area contributed by atoms with E-state index in [1.807, 2.05) is 24.3 Å².